The second kappa shape index (κ2) is 6.94. The van der Waals surface area contributed by atoms with Gasteiger partial charge >= 0.3 is 153 Å². The van der Waals surface area contributed by atoms with E-state index < -0.39 is 15.9 Å². The van der Waals surface area contributed by atoms with Crippen molar-refractivity contribution in [3.05, 3.63) is 71.8 Å². The van der Waals surface area contributed by atoms with Crippen molar-refractivity contribution in [2.24, 2.45) is 0 Å². The van der Waals surface area contributed by atoms with Gasteiger partial charge < -0.3 is 0 Å². The van der Waals surface area contributed by atoms with Crippen LogP contribution >= 0.6 is 17.9 Å². The Morgan fingerprint density at radius 2 is 1.75 bits per heavy atom. The number of Topliss-reactive ketones (excluding diaryl/α,β-unsaturated/α-hetero) is 1. The number of fused-ring (bicyclic) bond motifs is 1. The monoisotopic (exact) mass is 476 g/mol. The molecule has 24 heavy (non-hydrogen) atoms. The summed E-state index contributed by atoms with van der Waals surface area (Å²) in [7, 11) is 13.3. The Balaban J connectivity index is 1.94. The zero-order valence-electron chi connectivity index (χ0n) is 13.0. The van der Waals surface area contributed by atoms with Crippen LogP contribution in [0.15, 0.2) is 60.7 Å². The van der Waals surface area contributed by atoms with E-state index in [1.807, 2.05) is 42.5 Å². The summed E-state index contributed by atoms with van der Waals surface area (Å²) >= 11 is -3.58. The van der Waals surface area contributed by atoms with Crippen LogP contribution in [0, 0.1) is 6.92 Å². The van der Waals surface area contributed by atoms with Crippen molar-refractivity contribution in [2.75, 3.05) is 0 Å². The van der Waals surface area contributed by atoms with Gasteiger partial charge in [0.2, 0.25) is 0 Å². The van der Waals surface area contributed by atoms with Gasteiger partial charge in [0.05, 0.1) is 0 Å². The first-order valence-electron chi connectivity index (χ1n) is 7.39. The van der Waals surface area contributed by atoms with Crippen LogP contribution in [0.2, 0.25) is 4.47 Å². The third kappa shape index (κ3) is 3.55. The summed E-state index contributed by atoms with van der Waals surface area (Å²) in [4.78, 5) is 12.8. The first kappa shape index (κ1) is 17.6. The maximum atomic E-state index is 12.8. The summed E-state index contributed by atoms with van der Waals surface area (Å²) < 4.78 is 0.925. The van der Waals surface area contributed by atoms with Crippen molar-refractivity contribution in [3.8, 4) is 5.75 Å². The number of phenolic OH excluding ortho intramolecular Hbond substituents is 1. The Morgan fingerprint density at radius 3 is 2.50 bits per heavy atom. The van der Waals surface area contributed by atoms with Gasteiger partial charge in [0, 0.05) is 0 Å². The van der Waals surface area contributed by atoms with Gasteiger partial charge in [0.15, 0.2) is 0 Å². The summed E-state index contributed by atoms with van der Waals surface area (Å²) in [6.07, 6.45) is 0. The van der Waals surface area contributed by atoms with Crippen molar-refractivity contribution >= 4 is 54.0 Å². The number of rotatable bonds is 4. The minimum absolute atomic E-state index is 0.0382. The number of aryl methyl sites for hydroxylation is 1. The Hall–Kier alpha value is -1.24. The van der Waals surface area contributed by atoms with Crippen molar-refractivity contribution in [1.29, 1.82) is 0 Å². The van der Waals surface area contributed by atoms with E-state index in [0.717, 1.165) is 14.4 Å². The number of carbonyl (C=O) groups is 1. The van der Waals surface area contributed by atoms with Crippen LogP contribution < -0.4 is 3.61 Å². The summed E-state index contributed by atoms with van der Waals surface area (Å²) in [5.74, 6) is 0.162. The molecule has 0 aliphatic carbocycles. The Labute approximate surface area is 152 Å². The normalized spacial score (nSPS) is 12.3. The molecule has 0 saturated heterocycles. The van der Waals surface area contributed by atoms with Gasteiger partial charge in [0.1, 0.15) is 0 Å². The summed E-state index contributed by atoms with van der Waals surface area (Å²) in [6, 6.07) is 18.5. The molecular formula is C19H16Cl2O2Te. The van der Waals surface area contributed by atoms with Gasteiger partial charge in [-0.15, -0.1) is 0 Å². The molecule has 0 spiro atoms. The van der Waals surface area contributed by atoms with Crippen molar-refractivity contribution in [1.82, 2.24) is 0 Å². The number of benzene rings is 3. The fourth-order valence-corrected chi connectivity index (χ4v) is 8.84. The summed E-state index contributed by atoms with van der Waals surface area (Å²) in [5, 5.41) is 11.6. The van der Waals surface area contributed by atoms with Crippen LogP contribution in [0.3, 0.4) is 0 Å². The average molecular weight is 475 g/mol. The van der Waals surface area contributed by atoms with Crippen molar-refractivity contribution in [2.45, 2.75) is 11.4 Å². The number of phenols is 1. The van der Waals surface area contributed by atoms with Gasteiger partial charge in [-0.2, -0.15) is 0 Å². The van der Waals surface area contributed by atoms with Crippen LogP contribution in [0.25, 0.3) is 10.8 Å². The second-order valence-corrected chi connectivity index (χ2v) is 19.2. The van der Waals surface area contributed by atoms with Crippen molar-refractivity contribution < 1.29 is 9.90 Å². The molecule has 0 atom stereocenters. The first-order chi connectivity index (χ1) is 11.4. The molecule has 0 radical (unpaired) electrons. The molecular weight excluding hydrogens is 459 g/mol. The molecule has 1 N–H and O–H groups in total. The molecule has 0 unspecified atom stereocenters. The predicted octanol–water partition coefficient (Wildman–Crippen LogP) is 4.86. The molecule has 5 heteroatoms. The molecule has 0 saturated carbocycles. The number of ketones is 1. The number of hydrogen-bond donors (Lipinski definition) is 1. The minimum atomic E-state index is -3.58. The van der Waals surface area contributed by atoms with Gasteiger partial charge in [-0.3, -0.25) is 0 Å². The molecule has 0 bridgehead atoms. The van der Waals surface area contributed by atoms with Crippen LogP contribution in [0.4, 0.5) is 0 Å². The SMILES string of the molecule is Cc1cc([Te](Cl)(Cl)CC(=O)c2cccc3ccccc23)ccc1O. The first-order valence-corrected chi connectivity index (χ1v) is 16.1. The van der Waals surface area contributed by atoms with Crippen LogP contribution in [0.5, 0.6) is 5.75 Å². The van der Waals surface area contributed by atoms with E-state index >= 15 is 0 Å². The number of halogens is 2. The molecule has 0 amide bonds. The van der Waals surface area contributed by atoms with E-state index in [0.29, 0.717) is 11.1 Å². The fraction of sp³-hybridized carbons (Fsp3) is 0.105. The molecule has 0 aliphatic heterocycles. The van der Waals surface area contributed by atoms with Gasteiger partial charge in [0.25, 0.3) is 0 Å². The molecule has 0 heterocycles. The molecule has 3 rings (SSSR count). The molecule has 0 fully saturated rings. The quantitative estimate of drug-likeness (QED) is 0.433. The van der Waals surface area contributed by atoms with Crippen LogP contribution in [-0.4, -0.2) is 26.8 Å². The average Bonchev–Trinajstić information content (AvgIpc) is 2.56. The third-order valence-electron chi connectivity index (χ3n) is 3.92. The van der Waals surface area contributed by atoms with E-state index in [-0.39, 0.29) is 16.0 Å². The second-order valence-electron chi connectivity index (χ2n) is 5.62. The van der Waals surface area contributed by atoms with Crippen molar-refractivity contribution in [3.63, 3.8) is 0 Å². The standard InChI is InChI=1S/C19H16Cl2O2Te/c1-13-11-15(9-10-18(13)22)24(20,21)12-19(23)17-8-4-6-14-5-2-3-7-16(14)17/h2-11,22H,12H2,1H3. The van der Waals surface area contributed by atoms with E-state index in [1.165, 1.54) is 0 Å². The van der Waals surface area contributed by atoms with E-state index in [1.54, 1.807) is 25.1 Å². The van der Waals surface area contributed by atoms with Gasteiger partial charge in [-0.25, -0.2) is 0 Å². The summed E-state index contributed by atoms with van der Waals surface area (Å²) in [6.45, 7) is 1.79. The van der Waals surface area contributed by atoms with Gasteiger partial charge in [-0.05, 0) is 0 Å². The van der Waals surface area contributed by atoms with E-state index in [2.05, 4.69) is 0 Å². The van der Waals surface area contributed by atoms with Crippen LogP contribution in [0.1, 0.15) is 15.9 Å². The maximum absolute atomic E-state index is 12.8. The molecule has 2 nitrogen and oxygen atoms in total. The fourth-order valence-electron chi connectivity index (χ4n) is 2.61. The zero-order valence-corrected chi connectivity index (χ0v) is 16.8. The Morgan fingerprint density at radius 1 is 1.04 bits per heavy atom. The van der Waals surface area contributed by atoms with E-state index in [4.69, 9.17) is 17.9 Å². The molecule has 3 aromatic carbocycles. The molecule has 3 aromatic rings. The predicted molar refractivity (Wildman–Crippen MR) is 103 cm³/mol. The van der Waals surface area contributed by atoms with Crippen LogP contribution in [-0.2, 0) is 0 Å². The zero-order chi connectivity index (χ0) is 17.3. The molecule has 124 valence electrons. The topological polar surface area (TPSA) is 37.3 Å². The third-order valence-corrected chi connectivity index (χ3v) is 12.2. The number of carbonyl (C=O) groups excluding carboxylic acids is 1. The summed E-state index contributed by atoms with van der Waals surface area (Å²) in [5.41, 5.74) is 1.36. The van der Waals surface area contributed by atoms with Gasteiger partial charge in [-0.1, -0.05) is 0 Å². The number of aromatic hydroxyl groups is 1. The Bertz CT molecular complexity index is 917. The van der Waals surface area contributed by atoms with E-state index in [9.17, 15) is 9.90 Å². The Kier molecular flexibility index (Phi) is 5.08. The number of hydrogen-bond acceptors (Lipinski definition) is 2. The molecule has 0 aliphatic rings. The molecule has 0 aromatic heterocycles.